The van der Waals surface area contributed by atoms with Gasteiger partial charge in [-0.1, -0.05) is 12.8 Å². The van der Waals surface area contributed by atoms with E-state index in [-0.39, 0.29) is 11.9 Å². The number of nitrogens with zero attached hydrogens (tertiary/aromatic N) is 5. The third-order valence-electron chi connectivity index (χ3n) is 5.42. The Hall–Kier alpha value is -2.63. The fraction of sp³-hybridized carbons (Fsp3) is 0.450. The van der Waals surface area contributed by atoms with Gasteiger partial charge in [0, 0.05) is 37.7 Å². The number of hydrogen-bond acceptors (Lipinski definition) is 3. The molecule has 1 atom stereocenters. The molecule has 6 heteroatoms. The van der Waals surface area contributed by atoms with Crippen LogP contribution in [0.4, 0.5) is 0 Å². The van der Waals surface area contributed by atoms with Gasteiger partial charge in [-0.2, -0.15) is 5.10 Å². The lowest BCUT2D eigenvalue weighted by Gasteiger charge is -2.31. The summed E-state index contributed by atoms with van der Waals surface area (Å²) in [7, 11) is 2.05. The molecule has 26 heavy (non-hydrogen) atoms. The van der Waals surface area contributed by atoms with Crippen LogP contribution in [0.2, 0.25) is 0 Å². The molecule has 1 saturated heterocycles. The zero-order valence-corrected chi connectivity index (χ0v) is 15.6. The molecule has 0 bridgehead atoms. The van der Waals surface area contributed by atoms with Crippen molar-refractivity contribution in [1.82, 2.24) is 24.1 Å². The fourth-order valence-corrected chi connectivity index (χ4v) is 4.01. The highest BCUT2D eigenvalue weighted by Gasteiger charge is 2.30. The molecule has 0 aromatic carbocycles. The number of likely N-dealkylation sites (tertiary alicyclic amines) is 1. The van der Waals surface area contributed by atoms with Crippen LogP contribution in [-0.2, 0) is 7.05 Å². The molecule has 0 N–H and O–H groups in total. The molecule has 136 valence electrons. The summed E-state index contributed by atoms with van der Waals surface area (Å²) in [5, 5.41) is 4.48. The highest BCUT2D eigenvalue weighted by Crippen LogP contribution is 2.31. The summed E-state index contributed by atoms with van der Waals surface area (Å²) in [4.78, 5) is 20.0. The minimum absolute atomic E-state index is 0.0538. The standard InChI is InChI=1S/C20H25N5O/c1-14-12-19-21-13-16(15(2)25(19)22-14)20(26)24-11-6-4-5-8-18(24)17-9-7-10-23(17)3/h7,9-10,12-13,18H,4-6,8,11H2,1-3H3. The van der Waals surface area contributed by atoms with Crippen LogP contribution >= 0.6 is 0 Å². The van der Waals surface area contributed by atoms with Crippen LogP contribution in [0.25, 0.3) is 5.65 Å². The maximum Gasteiger partial charge on any atom is 0.257 e. The van der Waals surface area contributed by atoms with E-state index in [1.807, 2.05) is 44.1 Å². The maximum atomic E-state index is 13.5. The number of fused-ring (bicyclic) bond motifs is 1. The Kier molecular flexibility index (Phi) is 4.26. The second-order valence-corrected chi connectivity index (χ2v) is 7.22. The number of carbonyl (C=O) groups is 1. The third-order valence-corrected chi connectivity index (χ3v) is 5.42. The molecule has 1 fully saturated rings. The summed E-state index contributed by atoms with van der Waals surface area (Å²) in [5.74, 6) is 0.0538. The number of aryl methyl sites for hydroxylation is 3. The van der Waals surface area contributed by atoms with Crippen molar-refractivity contribution in [1.29, 1.82) is 0 Å². The van der Waals surface area contributed by atoms with Crippen LogP contribution in [0.15, 0.2) is 30.6 Å². The summed E-state index contributed by atoms with van der Waals surface area (Å²) in [6.45, 7) is 4.67. The van der Waals surface area contributed by atoms with Crippen molar-refractivity contribution in [2.75, 3.05) is 6.54 Å². The normalized spacial score (nSPS) is 18.3. The Labute approximate surface area is 153 Å². The predicted octanol–water partition coefficient (Wildman–Crippen LogP) is 3.44. The topological polar surface area (TPSA) is 55.4 Å². The van der Waals surface area contributed by atoms with Crippen molar-refractivity contribution in [3.05, 3.63) is 53.2 Å². The fourth-order valence-electron chi connectivity index (χ4n) is 4.01. The zero-order chi connectivity index (χ0) is 18.3. The van der Waals surface area contributed by atoms with E-state index in [9.17, 15) is 4.79 Å². The lowest BCUT2D eigenvalue weighted by molar-refractivity contribution is 0.0672. The van der Waals surface area contributed by atoms with Gasteiger partial charge in [0.2, 0.25) is 0 Å². The van der Waals surface area contributed by atoms with Gasteiger partial charge in [-0.3, -0.25) is 4.79 Å². The average molecular weight is 351 g/mol. The van der Waals surface area contributed by atoms with Crippen LogP contribution in [-0.4, -0.2) is 36.5 Å². The molecule has 6 nitrogen and oxygen atoms in total. The van der Waals surface area contributed by atoms with Crippen molar-refractivity contribution in [3.8, 4) is 0 Å². The lowest BCUT2D eigenvalue weighted by atomic mass is 10.1. The second-order valence-electron chi connectivity index (χ2n) is 7.22. The SMILES string of the molecule is Cc1cc2ncc(C(=O)N3CCCCCC3c3cccn3C)c(C)n2n1. The molecule has 1 aliphatic rings. The Morgan fingerprint density at radius 2 is 2.08 bits per heavy atom. The number of carbonyl (C=O) groups excluding carboxylic acids is 1. The van der Waals surface area contributed by atoms with Crippen LogP contribution in [0.3, 0.4) is 0 Å². The first kappa shape index (κ1) is 16.8. The van der Waals surface area contributed by atoms with Gasteiger partial charge in [0.05, 0.1) is 23.0 Å². The molecule has 1 aliphatic heterocycles. The average Bonchev–Trinajstić information content (AvgIpc) is 3.12. The summed E-state index contributed by atoms with van der Waals surface area (Å²) in [5.41, 5.74) is 4.37. The van der Waals surface area contributed by atoms with Crippen molar-refractivity contribution >= 4 is 11.6 Å². The van der Waals surface area contributed by atoms with Crippen LogP contribution in [0, 0.1) is 13.8 Å². The largest absolute Gasteiger partial charge is 0.353 e. The summed E-state index contributed by atoms with van der Waals surface area (Å²) < 4.78 is 3.90. The molecule has 3 aromatic heterocycles. The molecule has 1 amide bonds. The van der Waals surface area contributed by atoms with Crippen LogP contribution in [0.5, 0.6) is 0 Å². The molecule has 0 aliphatic carbocycles. The molecule has 0 radical (unpaired) electrons. The Balaban J connectivity index is 1.75. The van der Waals surface area contributed by atoms with Crippen molar-refractivity contribution < 1.29 is 4.79 Å². The van der Waals surface area contributed by atoms with Crippen LogP contribution in [0.1, 0.15) is 59.2 Å². The first-order valence-corrected chi connectivity index (χ1v) is 9.30. The number of rotatable bonds is 2. The van der Waals surface area contributed by atoms with E-state index >= 15 is 0 Å². The Bertz CT molecular complexity index is 954. The van der Waals surface area contributed by atoms with Gasteiger partial charge >= 0.3 is 0 Å². The zero-order valence-electron chi connectivity index (χ0n) is 15.6. The summed E-state index contributed by atoms with van der Waals surface area (Å²) in [6, 6.07) is 6.22. The predicted molar refractivity (Wildman–Crippen MR) is 100 cm³/mol. The van der Waals surface area contributed by atoms with E-state index in [4.69, 9.17) is 0 Å². The van der Waals surface area contributed by atoms with E-state index in [1.165, 1.54) is 12.1 Å². The maximum absolute atomic E-state index is 13.5. The van der Waals surface area contributed by atoms with Crippen molar-refractivity contribution in [2.24, 2.45) is 7.05 Å². The molecule has 0 spiro atoms. The first-order valence-electron chi connectivity index (χ1n) is 9.30. The first-order chi connectivity index (χ1) is 12.6. The van der Waals surface area contributed by atoms with Gasteiger partial charge in [-0.25, -0.2) is 9.50 Å². The van der Waals surface area contributed by atoms with Crippen molar-refractivity contribution in [2.45, 2.75) is 45.6 Å². The number of amides is 1. The Morgan fingerprint density at radius 1 is 1.23 bits per heavy atom. The molecule has 4 heterocycles. The van der Waals surface area contributed by atoms with E-state index in [0.29, 0.717) is 5.56 Å². The molecule has 0 saturated carbocycles. The van der Waals surface area contributed by atoms with E-state index in [1.54, 1.807) is 10.7 Å². The molecular weight excluding hydrogens is 326 g/mol. The van der Waals surface area contributed by atoms with Gasteiger partial charge in [0.15, 0.2) is 5.65 Å². The van der Waals surface area contributed by atoms with Gasteiger partial charge in [0.1, 0.15) is 0 Å². The summed E-state index contributed by atoms with van der Waals surface area (Å²) >= 11 is 0. The monoisotopic (exact) mass is 351 g/mol. The lowest BCUT2D eigenvalue weighted by Crippen LogP contribution is -2.36. The van der Waals surface area contributed by atoms with Gasteiger partial charge < -0.3 is 9.47 Å². The molecular formula is C20H25N5O. The Morgan fingerprint density at radius 3 is 2.85 bits per heavy atom. The number of hydrogen-bond donors (Lipinski definition) is 0. The number of aromatic nitrogens is 4. The molecule has 1 unspecified atom stereocenters. The highest BCUT2D eigenvalue weighted by atomic mass is 16.2. The third kappa shape index (κ3) is 2.79. The van der Waals surface area contributed by atoms with Gasteiger partial charge in [0.25, 0.3) is 5.91 Å². The minimum Gasteiger partial charge on any atom is -0.353 e. The van der Waals surface area contributed by atoms with Crippen LogP contribution < -0.4 is 0 Å². The smallest absolute Gasteiger partial charge is 0.257 e. The molecule has 3 aromatic rings. The molecule has 4 rings (SSSR count). The van der Waals surface area contributed by atoms with Crippen molar-refractivity contribution in [3.63, 3.8) is 0 Å². The highest BCUT2D eigenvalue weighted by molar-refractivity contribution is 5.95. The van der Waals surface area contributed by atoms with E-state index in [0.717, 1.165) is 42.8 Å². The minimum atomic E-state index is 0.0538. The van der Waals surface area contributed by atoms with Gasteiger partial charge in [-0.05, 0) is 38.8 Å². The van der Waals surface area contributed by atoms with E-state index in [2.05, 4.69) is 20.7 Å². The quantitative estimate of drug-likeness (QED) is 0.711. The van der Waals surface area contributed by atoms with E-state index < -0.39 is 0 Å². The summed E-state index contributed by atoms with van der Waals surface area (Å²) in [6.07, 6.45) is 8.12. The van der Waals surface area contributed by atoms with Gasteiger partial charge in [-0.15, -0.1) is 0 Å². The second kappa shape index (κ2) is 6.59.